The minimum absolute atomic E-state index is 0.0540. The first-order valence-corrected chi connectivity index (χ1v) is 12.1. The standard InChI is InChI=1S/C20H28N4O4S2/c1-14-6-5-9-24(11-14)12-16-13-29-20(21-16)22-19(25)15-7-8-17(28-4)18(10-15)30(26,27)23(2)3/h7-8,10,13-14H,5-6,9,11-12H2,1-4H3,(H,21,22,25). The number of sulfonamides is 1. The topological polar surface area (TPSA) is 91.8 Å². The van der Waals surface area contributed by atoms with Gasteiger partial charge in [0.1, 0.15) is 10.6 Å². The van der Waals surface area contributed by atoms with Crippen molar-refractivity contribution < 1.29 is 17.9 Å². The number of piperidine rings is 1. The van der Waals surface area contributed by atoms with Crippen molar-refractivity contribution in [2.45, 2.75) is 31.2 Å². The van der Waals surface area contributed by atoms with Gasteiger partial charge in [0.05, 0.1) is 12.8 Å². The molecular weight excluding hydrogens is 424 g/mol. The van der Waals surface area contributed by atoms with E-state index in [4.69, 9.17) is 4.74 Å². The maximum Gasteiger partial charge on any atom is 0.257 e. The summed E-state index contributed by atoms with van der Waals surface area (Å²) < 4.78 is 31.4. The maximum absolute atomic E-state index is 12.7. The highest BCUT2D eigenvalue weighted by Crippen LogP contribution is 2.28. The SMILES string of the molecule is COc1ccc(C(=O)Nc2nc(CN3CCCC(C)C3)cs2)cc1S(=O)(=O)N(C)C. The summed E-state index contributed by atoms with van der Waals surface area (Å²) in [6, 6.07) is 4.34. The van der Waals surface area contributed by atoms with Crippen molar-refractivity contribution in [3.63, 3.8) is 0 Å². The van der Waals surface area contributed by atoms with Gasteiger partial charge in [0.25, 0.3) is 5.91 Å². The molecule has 0 aliphatic carbocycles. The molecule has 0 radical (unpaired) electrons. The third-order valence-electron chi connectivity index (χ3n) is 5.08. The zero-order chi connectivity index (χ0) is 21.9. The van der Waals surface area contributed by atoms with E-state index in [0.717, 1.165) is 29.6 Å². The lowest BCUT2D eigenvalue weighted by atomic mass is 10.0. The number of thiazole rings is 1. The zero-order valence-electron chi connectivity index (χ0n) is 17.7. The first-order chi connectivity index (χ1) is 14.2. The Kier molecular flexibility index (Phi) is 7.12. The molecule has 1 unspecified atom stereocenters. The molecule has 1 aromatic carbocycles. The number of carbonyl (C=O) groups is 1. The molecule has 1 saturated heterocycles. The fraction of sp³-hybridized carbons (Fsp3) is 0.500. The van der Waals surface area contributed by atoms with Crippen LogP contribution in [0.1, 0.15) is 35.8 Å². The lowest BCUT2D eigenvalue weighted by Gasteiger charge is -2.30. The molecular formula is C20H28N4O4S2. The summed E-state index contributed by atoms with van der Waals surface area (Å²) in [7, 11) is 0.502. The number of ether oxygens (including phenoxy) is 1. The highest BCUT2D eigenvalue weighted by atomic mass is 32.2. The lowest BCUT2D eigenvalue weighted by molar-refractivity contribution is 0.102. The predicted octanol–water partition coefficient (Wildman–Crippen LogP) is 2.89. The third kappa shape index (κ3) is 5.18. The van der Waals surface area contributed by atoms with Gasteiger partial charge in [0, 0.05) is 38.1 Å². The Labute approximate surface area is 181 Å². The predicted molar refractivity (Wildman–Crippen MR) is 118 cm³/mol. The van der Waals surface area contributed by atoms with Crippen LogP contribution in [0, 0.1) is 5.92 Å². The van der Waals surface area contributed by atoms with Crippen LogP contribution in [-0.2, 0) is 16.6 Å². The van der Waals surface area contributed by atoms with Gasteiger partial charge < -0.3 is 4.74 Å². The van der Waals surface area contributed by atoms with Crippen molar-refractivity contribution in [1.29, 1.82) is 0 Å². The van der Waals surface area contributed by atoms with Gasteiger partial charge in [-0.3, -0.25) is 15.0 Å². The van der Waals surface area contributed by atoms with E-state index in [-0.39, 0.29) is 16.2 Å². The number of aromatic nitrogens is 1. The molecule has 8 nitrogen and oxygen atoms in total. The molecule has 0 saturated carbocycles. The molecule has 10 heteroatoms. The van der Waals surface area contributed by atoms with Crippen LogP contribution in [0.2, 0.25) is 0 Å². The number of rotatable bonds is 7. The summed E-state index contributed by atoms with van der Waals surface area (Å²) in [5, 5.41) is 5.21. The number of hydrogen-bond acceptors (Lipinski definition) is 7. The van der Waals surface area contributed by atoms with E-state index >= 15 is 0 Å². The second-order valence-corrected chi connectivity index (χ2v) is 10.7. The second-order valence-electron chi connectivity index (χ2n) is 7.73. The number of amides is 1. The molecule has 1 aliphatic heterocycles. The van der Waals surface area contributed by atoms with Crippen LogP contribution in [-0.4, -0.2) is 62.8 Å². The van der Waals surface area contributed by atoms with Gasteiger partial charge in [-0.15, -0.1) is 11.3 Å². The first kappa shape index (κ1) is 22.7. The number of anilines is 1. The molecule has 1 aliphatic rings. The Balaban J connectivity index is 1.73. The van der Waals surface area contributed by atoms with Crippen molar-refractivity contribution in [2.75, 3.05) is 39.6 Å². The highest BCUT2D eigenvalue weighted by Gasteiger charge is 2.24. The summed E-state index contributed by atoms with van der Waals surface area (Å²) >= 11 is 1.36. The van der Waals surface area contributed by atoms with Gasteiger partial charge in [-0.1, -0.05) is 6.92 Å². The molecule has 1 fully saturated rings. The number of hydrogen-bond donors (Lipinski definition) is 1. The Morgan fingerprint density at radius 2 is 2.17 bits per heavy atom. The summed E-state index contributed by atoms with van der Waals surface area (Å²) in [5.41, 5.74) is 1.15. The molecule has 164 valence electrons. The molecule has 2 aromatic rings. The van der Waals surface area contributed by atoms with Gasteiger partial charge >= 0.3 is 0 Å². The van der Waals surface area contributed by atoms with E-state index in [2.05, 4.69) is 22.1 Å². The molecule has 2 heterocycles. The van der Waals surface area contributed by atoms with Crippen molar-refractivity contribution >= 4 is 32.4 Å². The number of benzene rings is 1. The van der Waals surface area contributed by atoms with Gasteiger partial charge in [-0.25, -0.2) is 17.7 Å². The van der Waals surface area contributed by atoms with Crippen LogP contribution in [0.5, 0.6) is 5.75 Å². The second kappa shape index (κ2) is 9.42. The van der Waals surface area contributed by atoms with Crippen molar-refractivity contribution in [2.24, 2.45) is 5.92 Å². The van der Waals surface area contributed by atoms with Gasteiger partial charge in [0.2, 0.25) is 10.0 Å². The average Bonchev–Trinajstić information content (AvgIpc) is 3.13. The Bertz CT molecular complexity index is 1000. The summed E-state index contributed by atoms with van der Waals surface area (Å²) in [4.78, 5) is 19.6. The minimum Gasteiger partial charge on any atom is -0.495 e. The monoisotopic (exact) mass is 452 g/mol. The fourth-order valence-corrected chi connectivity index (χ4v) is 5.25. The summed E-state index contributed by atoms with van der Waals surface area (Å²) in [6.45, 7) is 5.16. The molecule has 1 amide bonds. The van der Waals surface area contributed by atoms with Crippen LogP contribution in [0.25, 0.3) is 0 Å². The molecule has 1 aromatic heterocycles. The maximum atomic E-state index is 12.7. The normalized spacial score (nSPS) is 17.8. The van der Waals surface area contributed by atoms with E-state index < -0.39 is 15.9 Å². The van der Waals surface area contributed by atoms with Crippen LogP contribution < -0.4 is 10.1 Å². The van der Waals surface area contributed by atoms with E-state index in [1.165, 1.54) is 63.6 Å². The molecule has 1 atom stereocenters. The van der Waals surface area contributed by atoms with Crippen LogP contribution in [0.3, 0.4) is 0 Å². The summed E-state index contributed by atoms with van der Waals surface area (Å²) in [6.07, 6.45) is 2.47. The van der Waals surface area contributed by atoms with Crippen molar-refractivity contribution in [1.82, 2.24) is 14.2 Å². The molecule has 3 rings (SSSR count). The van der Waals surface area contributed by atoms with Crippen molar-refractivity contribution in [3.8, 4) is 5.75 Å². The minimum atomic E-state index is -3.76. The Hall–Kier alpha value is -2.01. The van der Waals surface area contributed by atoms with Crippen LogP contribution >= 0.6 is 11.3 Å². The van der Waals surface area contributed by atoms with Crippen LogP contribution in [0.4, 0.5) is 5.13 Å². The number of likely N-dealkylation sites (tertiary alicyclic amines) is 1. The smallest absolute Gasteiger partial charge is 0.257 e. The Morgan fingerprint density at radius 3 is 2.83 bits per heavy atom. The summed E-state index contributed by atoms with van der Waals surface area (Å²) in [5.74, 6) is 0.465. The first-order valence-electron chi connectivity index (χ1n) is 9.79. The average molecular weight is 453 g/mol. The van der Waals surface area contributed by atoms with Gasteiger partial charge in [-0.2, -0.15) is 0 Å². The molecule has 30 heavy (non-hydrogen) atoms. The lowest BCUT2D eigenvalue weighted by Crippen LogP contribution is -2.33. The van der Waals surface area contributed by atoms with E-state index in [1.807, 2.05) is 5.38 Å². The number of nitrogens with one attached hydrogen (secondary N) is 1. The highest BCUT2D eigenvalue weighted by molar-refractivity contribution is 7.89. The molecule has 0 spiro atoms. The largest absolute Gasteiger partial charge is 0.495 e. The fourth-order valence-electron chi connectivity index (χ4n) is 3.48. The Morgan fingerprint density at radius 1 is 1.40 bits per heavy atom. The zero-order valence-corrected chi connectivity index (χ0v) is 19.3. The van der Waals surface area contributed by atoms with Gasteiger partial charge in [0.15, 0.2) is 5.13 Å². The van der Waals surface area contributed by atoms with Crippen LogP contribution in [0.15, 0.2) is 28.5 Å². The quantitative estimate of drug-likeness (QED) is 0.695. The third-order valence-corrected chi connectivity index (χ3v) is 7.73. The number of methoxy groups -OCH3 is 1. The van der Waals surface area contributed by atoms with Gasteiger partial charge in [-0.05, 0) is 43.5 Å². The molecule has 0 bridgehead atoms. The van der Waals surface area contributed by atoms with Crippen molar-refractivity contribution in [3.05, 3.63) is 34.8 Å². The number of carbonyl (C=O) groups excluding carboxylic acids is 1. The van der Waals surface area contributed by atoms with E-state index in [9.17, 15) is 13.2 Å². The molecule has 1 N–H and O–H groups in total. The number of nitrogens with zero attached hydrogens (tertiary/aromatic N) is 3. The van der Waals surface area contributed by atoms with E-state index in [1.54, 1.807) is 0 Å². The van der Waals surface area contributed by atoms with E-state index in [0.29, 0.717) is 11.0 Å².